The summed E-state index contributed by atoms with van der Waals surface area (Å²) >= 11 is 0. The molecule has 38 heavy (non-hydrogen) atoms. The zero-order valence-corrected chi connectivity index (χ0v) is 24.5. The first-order chi connectivity index (χ1) is 18.3. The Balaban J connectivity index is 3.11. The SMILES string of the molecule is CCC(C)COCCOCCOCCOCCOCCOCCOCCOCCOCC(=O)OC(C)(C)C. The van der Waals surface area contributed by atoms with Gasteiger partial charge in [-0.3, -0.25) is 0 Å². The largest absolute Gasteiger partial charge is 0.458 e. The third-order valence-corrected chi connectivity index (χ3v) is 4.72. The van der Waals surface area contributed by atoms with E-state index in [1.807, 2.05) is 20.8 Å². The summed E-state index contributed by atoms with van der Waals surface area (Å²) in [5.74, 6) is 0.214. The number of hydrogen-bond acceptors (Lipinski definition) is 11. The molecule has 228 valence electrons. The lowest BCUT2D eigenvalue weighted by Crippen LogP contribution is -2.27. The molecule has 0 spiro atoms. The van der Waals surface area contributed by atoms with Crippen molar-refractivity contribution < 1.29 is 52.2 Å². The Morgan fingerprint density at radius 3 is 1.11 bits per heavy atom. The minimum absolute atomic E-state index is 0.0770. The van der Waals surface area contributed by atoms with Crippen LogP contribution in [0.4, 0.5) is 0 Å². The van der Waals surface area contributed by atoms with Crippen molar-refractivity contribution in [3.05, 3.63) is 0 Å². The maximum Gasteiger partial charge on any atom is 0.332 e. The fourth-order valence-corrected chi connectivity index (χ4v) is 2.59. The third kappa shape index (κ3) is 31.3. The molecule has 0 amide bonds. The van der Waals surface area contributed by atoms with E-state index in [2.05, 4.69) is 13.8 Å². The first-order valence-electron chi connectivity index (χ1n) is 13.8. The lowest BCUT2D eigenvalue weighted by Gasteiger charge is -2.19. The Morgan fingerprint density at radius 2 is 0.816 bits per heavy atom. The molecule has 0 N–H and O–H groups in total. The lowest BCUT2D eigenvalue weighted by atomic mass is 10.1. The van der Waals surface area contributed by atoms with Gasteiger partial charge < -0.3 is 47.4 Å². The van der Waals surface area contributed by atoms with Crippen LogP contribution in [0, 0.1) is 5.92 Å². The molecule has 1 unspecified atom stereocenters. The minimum atomic E-state index is -0.504. The van der Waals surface area contributed by atoms with Gasteiger partial charge in [-0.2, -0.15) is 0 Å². The average molecular weight is 555 g/mol. The Kier molecular flexibility index (Phi) is 27.0. The predicted octanol–water partition coefficient (Wildman–Crippen LogP) is 2.52. The molecule has 0 aromatic heterocycles. The fourth-order valence-electron chi connectivity index (χ4n) is 2.59. The number of carbonyl (C=O) groups is 1. The summed E-state index contributed by atoms with van der Waals surface area (Å²) in [5.41, 5.74) is -0.504. The number of rotatable bonds is 29. The second-order valence-electron chi connectivity index (χ2n) is 9.51. The van der Waals surface area contributed by atoms with E-state index in [4.69, 9.17) is 47.4 Å². The van der Waals surface area contributed by atoms with E-state index in [0.717, 1.165) is 13.0 Å². The van der Waals surface area contributed by atoms with Crippen molar-refractivity contribution in [3.8, 4) is 0 Å². The van der Waals surface area contributed by atoms with Gasteiger partial charge >= 0.3 is 5.97 Å². The number of hydrogen-bond donors (Lipinski definition) is 0. The van der Waals surface area contributed by atoms with Gasteiger partial charge in [-0.05, 0) is 26.7 Å². The minimum Gasteiger partial charge on any atom is -0.458 e. The number of carbonyl (C=O) groups excluding carboxylic acids is 1. The molecule has 0 saturated carbocycles. The molecule has 0 saturated heterocycles. The average Bonchev–Trinajstić information content (AvgIpc) is 2.87. The molecule has 0 heterocycles. The molecule has 0 aromatic carbocycles. The van der Waals surface area contributed by atoms with Crippen LogP contribution in [-0.4, -0.2) is 130 Å². The van der Waals surface area contributed by atoms with Crippen LogP contribution in [0.5, 0.6) is 0 Å². The first-order valence-corrected chi connectivity index (χ1v) is 13.8. The van der Waals surface area contributed by atoms with Crippen LogP contribution in [0.2, 0.25) is 0 Å². The van der Waals surface area contributed by atoms with E-state index < -0.39 is 5.60 Å². The van der Waals surface area contributed by atoms with E-state index in [1.165, 1.54) is 0 Å². The molecular formula is C27H54O11. The van der Waals surface area contributed by atoms with Gasteiger partial charge in [-0.25, -0.2) is 4.79 Å². The summed E-state index contributed by atoms with van der Waals surface area (Å²) in [7, 11) is 0. The summed E-state index contributed by atoms with van der Waals surface area (Å²) < 4.78 is 53.9. The standard InChI is InChI=1S/C27H54O11/c1-6-25(2)23-36-21-19-34-17-15-32-13-11-30-9-7-29-8-10-31-12-14-33-16-18-35-20-22-37-24-26(28)38-27(3,4)5/h25H,6-24H2,1-5H3. The Labute approximate surface area is 230 Å². The maximum absolute atomic E-state index is 11.5. The van der Waals surface area contributed by atoms with Crippen molar-refractivity contribution in [2.45, 2.75) is 46.6 Å². The van der Waals surface area contributed by atoms with E-state index in [0.29, 0.717) is 112 Å². The van der Waals surface area contributed by atoms with Crippen LogP contribution in [0.15, 0.2) is 0 Å². The topological polar surface area (TPSA) is 109 Å². The molecule has 11 nitrogen and oxygen atoms in total. The predicted molar refractivity (Wildman–Crippen MR) is 143 cm³/mol. The van der Waals surface area contributed by atoms with Crippen molar-refractivity contribution in [1.82, 2.24) is 0 Å². The van der Waals surface area contributed by atoms with Crippen molar-refractivity contribution in [3.63, 3.8) is 0 Å². The van der Waals surface area contributed by atoms with Gasteiger partial charge in [0.25, 0.3) is 0 Å². The smallest absolute Gasteiger partial charge is 0.332 e. The molecular weight excluding hydrogens is 500 g/mol. The highest BCUT2D eigenvalue weighted by atomic mass is 16.6. The summed E-state index contributed by atoms with van der Waals surface area (Å²) in [6.45, 7) is 18.5. The van der Waals surface area contributed by atoms with Gasteiger partial charge in [0.1, 0.15) is 12.2 Å². The normalized spacial score (nSPS) is 12.7. The van der Waals surface area contributed by atoms with Crippen LogP contribution in [0.25, 0.3) is 0 Å². The van der Waals surface area contributed by atoms with Gasteiger partial charge in [-0.1, -0.05) is 20.3 Å². The molecule has 0 aromatic rings. The Bertz CT molecular complexity index is 500. The number of esters is 1. The highest BCUT2D eigenvalue weighted by Crippen LogP contribution is 2.06. The summed E-state index contributed by atoms with van der Waals surface area (Å²) in [4.78, 5) is 11.5. The first kappa shape index (κ1) is 37.1. The summed E-state index contributed by atoms with van der Waals surface area (Å²) in [6.07, 6.45) is 1.13. The van der Waals surface area contributed by atoms with Gasteiger partial charge in [0.05, 0.1) is 106 Å². The van der Waals surface area contributed by atoms with Crippen molar-refractivity contribution in [1.29, 1.82) is 0 Å². The highest BCUT2D eigenvalue weighted by Gasteiger charge is 2.15. The van der Waals surface area contributed by atoms with E-state index in [-0.39, 0.29) is 12.6 Å². The monoisotopic (exact) mass is 554 g/mol. The van der Waals surface area contributed by atoms with E-state index in [9.17, 15) is 4.79 Å². The van der Waals surface area contributed by atoms with Crippen LogP contribution >= 0.6 is 0 Å². The molecule has 0 aliphatic rings. The molecule has 0 bridgehead atoms. The second kappa shape index (κ2) is 27.7. The molecule has 0 aliphatic heterocycles. The van der Waals surface area contributed by atoms with Gasteiger partial charge in [0.15, 0.2) is 0 Å². The van der Waals surface area contributed by atoms with Crippen LogP contribution in [0.3, 0.4) is 0 Å². The van der Waals surface area contributed by atoms with Crippen LogP contribution in [-0.2, 0) is 52.2 Å². The van der Waals surface area contributed by atoms with Crippen molar-refractivity contribution in [2.24, 2.45) is 5.92 Å². The molecule has 0 radical (unpaired) electrons. The molecule has 11 heteroatoms. The third-order valence-electron chi connectivity index (χ3n) is 4.72. The van der Waals surface area contributed by atoms with Gasteiger partial charge in [0.2, 0.25) is 0 Å². The zero-order valence-electron chi connectivity index (χ0n) is 24.5. The molecule has 1 atom stereocenters. The zero-order chi connectivity index (χ0) is 28.2. The fraction of sp³-hybridized carbons (Fsp3) is 0.963. The Morgan fingerprint density at radius 1 is 0.526 bits per heavy atom. The molecule has 0 fully saturated rings. The number of ether oxygens (including phenoxy) is 10. The van der Waals surface area contributed by atoms with Crippen LogP contribution < -0.4 is 0 Å². The maximum atomic E-state index is 11.5. The van der Waals surface area contributed by atoms with E-state index in [1.54, 1.807) is 0 Å². The van der Waals surface area contributed by atoms with Gasteiger partial charge in [-0.15, -0.1) is 0 Å². The van der Waals surface area contributed by atoms with Crippen molar-refractivity contribution in [2.75, 3.05) is 119 Å². The van der Waals surface area contributed by atoms with E-state index >= 15 is 0 Å². The second-order valence-corrected chi connectivity index (χ2v) is 9.51. The summed E-state index contributed by atoms with van der Waals surface area (Å²) in [5, 5.41) is 0. The van der Waals surface area contributed by atoms with Crippen LogP contribution in [0.1, 0.15) is 41.0 Å². The van der Waals surface area contributed by atoms with Crippen molar-refractivity contribution >= 4 is 5.97 Å². The molecule has 0 aliphatic carbocycles. The highest BCUT2D eigenvalue weighted by molar-refractivity contribution is 5.71. The Hall–Kier alpha value is -0.890. The van der Waals surface area contributed by atoms with Gasteiger partial charge in [0, 0.05) is 6.61 Å². The molecule has 0 rings (SSSR count). The quantitative estimate of drug-likeness (QED) is 0.100. The summed E-state index contributed by atoms with van der Waals surface area (Å²) in [6, 6.07) is 0. The lowest BCUT2D eigenvalue weighted by molar-refractivity contribution is -0.160.